The summed E-state index contributed by atoms with van der Waals surface area (Å²) in [6.45, 7) is 0.730. The number of aromatic nitrogens is 2. The van der Waals surface area contributed by atoms with E-state index in [0.29, 0.717) is 6.42 Å². The molecule has 1 aliphatic heterocycles. The fourth-order valence-electron chi connectivity index (χ4n) is 2.50. The summed E-state index contributed by atoms with van der Waals surface area (Å²) >= 11 is 6.01. The average molecular weight is 318 g/mol. The number of alkyl halides is 3. The van der Waals surface area contributed by atoms with Gasteiger partial charge in [0.25, 0.3) is 5.56 Å². The molecule has 2 aromatic rings. The van der Waals surface area contributed by atoms with Crippen molar-refractivity contribution >= 4 is 22.5 Å². The van der Waals surface area contributed by atoms with Crippen LogP contribution in [0.15, 0.2) is 23.0 Å². The van der Waals surface area contributed by atoms with Gasteiger partial charge in [0.2, 0.25) is 5.28 Å². The SMILES string of the molecule is O=c1c2cc(C(F)(F)F)ccc2nc(Cl)n1C1CCCN1. The summed E-state index contributed by atoms with van der Waals surface area (Å²) in [7, 11) is 0. The first kappa shape index (κ1) is 14.3. The van der Waals surface area contributed by atoms with Gasteiger partial charge in [0.1, 0.15) is 0 Å². The van der Waals surface area contributed by atoms with E-state index in [1.54, 1.807) is 0 Å². The number of benzene rings is 1. The van der Waals surface area contributed by atoms with Crippen molar-refractivity contribution in [3.8, 4) is 0 Å². The standard InChI is InChI=1S/C13H11ClF3N3O/c14-12-19-9-4-3-7(13(15,16)17)6-8(9)11(21)20(12)10-2-1-5-18-10/h3-4,6,10,18H,1-2,5H2. The summed E-state index contributed by atoms with van der Waals surface area (Å²) in [5, 5.41) is 2.98. The van der Waals surface area contributed by atoms with E-state index in [2.05, 4.69) is 10.3 Å². The van der Waals surface area contributed by atoms with Gasteiger partial charge in [-0.25, -0.2) is 4.98 Å². The van der Waals surface area contributed by atoms with Crippen molar-refractivity contribution in [1.82, 2.24) is 14.9 Å². The minimum Gasteiger partial charge on any atom is -0.297 e. The molecule has 8 heteroatoms. The van der Waals surface area contributed by atoms with Gasteiger partial charge in [0.15, 0.2) is 0 Å². The van der Waals surface area contributed by atoms with Gasteiger partial charge in [-0.2, -0.15) is 13.2 Å². The average Bonchev–Trinajstić information content (AvgIpc) is 2.91. The Bertz CT molecular complexity index is 751. The van der Waals surface area contributed by atoms with Gasteiger partial charge < -0.3 is 0 Å². The highest BCUT2D eigenvalue weighted by molar-refractivity contribution is 6.28. The number of fused-ring (bicyclic) bond motifs is 1. The Kier molecular flexibility index (Phi) is 3.41. The number of halogens is 4. The van der Waals surface area contributed by atoms with Crippen molar-refractivity contribution < 1.29 is 13.2 Å². The van der Waals surface area contributed by atoms with Crippen LogP contribution in [0.1, 0.15) is 24.6 Å². The van der Waals surface area contributed by atoms with Gasteiger partial charge in [-0.15, -0.1) is 0 Å². The topological polar surface area (TPSA) is 46.9 Å². The smallest absolute Gasteiger partial charge is 0.297 e. The maximum atomic E-state index is 12.8. The zero-order chi connectivity index (χ0) is 15.2. The Morgan fingerprint density at radius 2 is 2.14 bits per heavy atom. The Labute approximate surface area is 122 Å². The molecule has 3 rings (SSSR count). The second kappa shape index (κ2) is 4.99. The number of hydrogen-bond donors (Lipinski definition) is 1. The summed E-state index contributed by atoms with van der Waals surface area (Å²) in [6.07, 6.45) is -3.27. The van der Waals surface area contributed by atoms with Crippen LogP contribution in [-0.4, -0.2) is 16.1 Å². The minimum atomic E-state index is -4.50. The van der Waals surface area contributed by atoms with Crippen molar-refractivity contribution in [3.05, 3.63) is 39.4 Å². The van der Waals surface area contributed by atoms with Crippen molar-refractivity contribution in [2.75, 3.05) is 6.54 Å². The van der Waals surface area contributed by atoms with Crippen LogP contribution in [0.5, 0.6) is 0 Å². The van der Waals surface area contributed by atoms with E-state index >= 15 is 0 Å². The molecule has 1 aliphatic rings. The van der Waals surface area contributed by atoms with E-state index < -0.39 is 17.3 Å². The lowest BCUT2D eigenvalue weighted by Gasteiger charge is -2.16. The van der Waals surface area contributed by atoms with Gasteiger partial charge in [-0.1, -0.05) is 0 Å². The van der Waals surface area contributed by atoms with Crippen LogP contribution in [0.3, 0.4) is 0 Å². The van der Waals surface area contributed by atoms with E-state index in [1.165, 1.54) is 4.57 Å². The molecular formula is C13H11ClF3N3O. The van der Waals surface area contributed by atoms with Crippen LogP contribution in [0, 0.1) is 0 Å². The third kappa shape index (κ3) is 2.51. The van der Waals surface area contributed by atoms with Crippen LogP contribution < -0.4 is 10.9 Å². The normalized spacial score (nSPS) is 19.3. The largest absolute Gasteiger partial charge is 0.416 e. The van der Waals surface area contributed by atoms with E-state index in [4.69, 9.17) is 11.6 Å². The van der Waals surface area contributed by atoms with Gasteiger partial charge in [-0.05, 0) is 49.2 Å². The molecule has 0 saturated carbocycles. The summed E-state index contributed by atoms with van der Waals surface area (Å²) in [5.74, 6) is 0. The highest BCUT2D eigenvalue weighted by Gasteiger charge is 2.31. The molecule has 1 atom stereocenters. The molecule has 4 nitrogen and oxygen atoms in total. The van der Waals surface area contributed by atoms with Crippen LogP contribution in [0.4, 0.5) is 13.2 Å². The predicted molar refractivity (Wildman–Crippen MR) is 72.3 cm³/mol. The van der Waals surface area contributed by atoms with Crippen molar-refractivity contribution in [3.63, 3.8) is 0 Å². The third-order valence-corrected chi connectivity index (χ3v) is 3.80. The zero-order valence-corrected chi connectivity index (χ0v) is 11.5. The van der Waals surface area contributed by atoms with Crippen LogP contribution >= 0.6 is 11.6 Å². The summed E-state index contributed by atoms with van der Waals surface area (Å²) < 4.78 is 39.5. The molecule has 21 heavy (non-hydrogen) atoms. The zero-order valence-electron chi connectivity index (χ0n) is 10.7. The van der Waals surface area contributed by atoms with Gasteiger partial charge in [-0.3, -0.25) is 14.7 Å². The predicted octanol–water partition coefficient (Wildman–Crippen LogP) is 2.95. The number of hydrogen-bond acceptors (Lipinski definition) is 3. The van der Waals surface area contributed by atoms with E-state index in [0.717, 1.165) is 31.2 Å². The third-order valence-electron chi connectivity index (χ3n) is 3.53. The summed E-state index contributed by atoms with van der Waals surface area (Å²) in [4.78, 5) is 16.5. The summed E-state index contributed by atoms with van der Waals surface area (Å²) in [5.41, 5.74) is -1.27. The molecule has 0 bridgehead atoms. The van der Waals surface area contributed by atoms with Gasteiger partial charge in [0, 0.05) is 0 Å². The van der Waals surface area contributed by atoms with Gasteiger partial charge in [0.05, 0.1) is 22.6 Å². The molecule has 1 N–H and O–H groups in total. The van der Waals surface area contributed by atoms with Crippen LogP contribution in [0.2, 0.25) is 5.28 Å². The number of rotatable bonds is 1. The molecule has 1 unspecified atom stereocenters. The lowest BCUT2D eigenvalue weighted by molar-refractivity contribution is -0.137. The number of nitrogens with one attached hydrogen (secondary N) is 1. The van der Waals surface area contributed by atoms with E-state index in [-0.39, 0.29) is 22.4 Å². The molecule has 0 spiro atoms. The van der Waals surface area contributed by atoms with Crippen molar-refractivity contribution in [2.24, 2.45) is 0 Å². The van der Waals surface area contributed by atoms with Gasteiger partial charge >= 0.3 is 6.18 Å². The Morgan fingerprint density at radius 1 is 1.38 bits per heavy atom. The minimum absolute atomic E-state index is 0.0216. The second-order valence-corrected chi connectivity index (χ2v) is 5.24. The first-order chi connectivity index (χ1) is 9.88. The fourth-order valence-corrected chi connectivity index (χ4v) is 2.79. The maximum Gasteiger partial charge on any atom is 0.416 e. The highest BCUT2D eigenvalue weighted by Crippen LogP contribution is 2.31. The maximum absolute atomic E-state index is 12.8. The molecule has 1 fully saturated rings. The fraction of sp³-hybridized carbons (Fsp3) is 0.385. The molecule has 1 saturated heterocycles. The Hall–Kier alpha value is -1.60. The van der Waals surface area contributed by atoms with Crippen molar-refractivity contribution in [2.45, 2.75) is 25.2 Å². The van der Waals surface area contributed by atoms with E-state index in [9.17, 15) is 18.0 Å². The number of nitrogens with zero attached hydrogens (tertiary/aromatic N) is 2. The lowest BCUT2D eigenvalue weighted by atomic mass is 10.1. The molecule has 0 amide bonds. The molecule has 1 aromatic carbocycles. The lowest BCUT2D eigenvalue weighted by Crippen LogP contribution is -2.31. The summed E-state index contributed by atoms with van der Waals surface area (Å²) in [6, 6.07) is 2.88. The molecule has 0 aliphatic carbocycles. The van der Waals surface area contributed by atoms with Crippen LogP contribution in [-0.2, 0) is 6.18 Å². The first-order valence-electron chi connectivity index (χ1n) is 6.40. The monoisotopic (exact) mass is 317 g/mol. The molecule has 0 radical (unpaired) electrons. The van der Waals surface area contributed by atoms with Crippen molar-refractivity contribution in [1.29, 1.82) is 0 Å². The second-order valence-electron chi connectivity index (χ2n) is 4.90. The van der Waals surface area contributed by atoms with E-state index in [1.807, 2.05) is 0 Å². The van der Waals surface area contributed by atoms with Crippen LogP contribution in [0.25, 0.3) is 10.9 Å². The Balaban J connectivity index is 2.24. The first-order valence-corrected chi connectivity index (χ1v) is 6.78. The molecule has 2 heterocycles. The molecular weight excluding hydrogens is 307 g/mol. The highest BCUT2D eigenvalue weighted by atomic mass is 35.5. The molecule has 112 valence electrons. The molecule has 1 aromatic heterocycles. The Morgan fingerprint density at radius 3 is 2.76 bits per heavy atom. The quantitative estimate of drug-likeness (QED) is 0.823.